The van der Waals surface area contributed by atoms with Gasteiger partial charge in [0.05, 0.1) is 11.5 Å². The van der Waals surface area contributed by atoms with Gasteiger partial charge in [-0.1, -0.05) is 0 Å². The van der Waals surface area contributed by atoms with Gasteiger partial charge in [-0.3, -0.25) is 0 Å². The molecule has 1 unspecified atom stereocenters. The molecule has 1 aromatic rings. The summed E-state index contributed by atoms with van der Waals surface area (Å²) in [4.78, 5) is 12.2. The molecule has 2 heterocycles. The van der Waals surface area contributed by atoms with Gasteiger partial charge >= 0.3 is 5.97 Å². The summed E-state index contributed by atoms with van der Waals surface area (Å²) in [5, 5.41) is 12.2. The molecule has 0 radical (unpaired) electrons. The summed E-state index contributed by atoms with van der Waals surface area (Å²) in [5.74, 6) is -0.553. The zero-order valence-electron chi connectivity index (χ0n) is 10.9. The van der Waals surface area contributed by atoms with Crippen molar-refractivity contribution >= 4 is 27.1 Å². The first-order chi connectivity index (χ1) is 8.71. The second-order valence-corrected chi connectivity index (χ2v) is 8.69. The number of sulfone groups is 1. The maximum Gasteiger partial charge on any atom is 0.345 e. The lowest BCUT2D eigenvalue weighted by Gasteiger charge is -2.23. The van der Waals surface area contributed by atoms with Crippen LogP contribution >= 0.6 is 11.3 Å². The number of aromatic carboxylic acids is 1. The Bertz CT molecular complexity index is 605. The topological polar surface area (TPSA) is 83.5 Å². The fourth-order valence-electron chi connectivity index (χ4n) is 2.26. The summed E-state index contributed by atoms with van der Waals surface area (Å²) in [7, 11) is -2.93. The zero-order chi connectivity index (χ0) is 14.3. The Kier molecular flexibility index (Phi) is 3.72. The summed E-state index contributed by atoms with van der Waals surface area (Å²) < 4.78 is 23.0. The van der Waals surface area contributed by atoms with E-state index in [2.05, 4.69) is 5.32 Å². The third-order valence-corrected chi connectivity index (χ3v) is 6.42. The van der Waals surface area contributed by atoms with E-state index in [1.807, 2.05) is 13.8 Å². The number of thiophene rings is 1. The van der Waals surface area contributed by atoms with Gasteiger partial charge in [0.1, 0.15) is 4.88 Å². The monoisotopic (exact) mass is 303 g/mol. The second kappa shape index (κ2) is 4.88. The summed E-state index contributed by atoms with van der Waals surface area (Å²) in [6, 6.07) is 1.65. The molecule has 0 saturated carbocycles. The fraction of sp³-hybridized carbons (Fsp3) is 0.583. The van der Waals surface area contributed by atoms with E-state index in [-0.39, 0.29) is 11.5 Å². The highest BCUT2D eigenvalue weighted by Crippen LogP contribution is 2.26. The number of rotatable bonds is 4. The minimum Gasteiger partial charge on any atom is -0.477 e. The highest BCUT2D eigenvalue weighted by Gasteiger charge is 2.37. The van der Waals surface area contributed by atoms with Crippen LogP contribution in [0, 0.1) is 6.92 Å². The van der Waals surface area contributed by atoms with E-state index in [1.165, 1.54) is 11.3 Å². The van der Waals surface area contributed by atoms with Crippen LogP contribution in [-0.2, 0) is 16.4 Å². The summed E-state index contributed by atoms with van der Waals surface area (Å²) in [6.45, 7) is 4.28. The van der Waals surface area contributed by atoms with Crippen LogP contribution < -0.4 is 5.32 Å². The minimum atomic E-state index is -2.93. The van der Waals surface area contributed by atoms with Gasteiger partial charge in [-0.15, -0.1) is 11.3 Å². The predicted molar refractivity (Wildman–Crippen MR) is 74.5 cm³/mol. The lowest BCUT2D eigenvalue weighted by atomic mass is 10.0. The first kappa shape index (κ1) is 14.5. The highest BCUT2D eigenvalue weighted by atomic mass is 32.2. The van der Waals surface area contributed by atoms with Crippen molar-refractivity contribution in [2.45, 2.75) is 32.4 Å². The molecule has 2 N–H and O–H groups in total. The molecule has 106 valence electrons. The molecule has 1 atom stereocenters. The van der Waals surface area contributed by atoms with Crippen molar-refractivity contribution in [3.05, 3.63) is 21.4 Å². The number of hydrogen-bond donors (Lipinski definition) is 2. The van der Waals surface area contributed by atoms with Crippen LogP contribution in [0.25, 0.3) is 0 Å². The average molecular weight is 303 g/mol. The van der Waals surface area contributed by atoms with Crippen molar-refractivity contribution < 1.29 is 18.3 Å². The van der Waals surface area contributed by atoms with E-state index in [9.17, 15) is 13.2 Å². The minimum absolute atomic E-state index is 0.148. The maximum absolute atomic E-state index is 11.5. The van der Waals surface area contributed by atoms with Crippen LogP contribution in [0.5, 0.6) is 0 Å². The van der Waals surface area contributed by atoms with E-state index in [0.717, 1.165) is 10.4 Å². The van der Waals surface area contributed by atoms with Crippen molar-refractivity contribution in [1.82, 2.24) is 5.32 Å². The Labute approximate surface area is 116 Å². The van der Waals surface area contributed by atoms with Gasteiger partial charge in [0, 0.05) is 17.0 Å². The molecule has 1 fully saturated rings. The van der Waals surface area contributed by atoms with Gasteiger partial charge in [0.2, 0.25) is 0 Å². The smallest absolute Gasteiger partial charge is 0.345 e. The normalized spacial score (nSPS) is 25.6. The number of carbonyl (C=O) groups is 1. The lowest BCUT2D eigenvalue weighted by molar-refractivity contribution is 0.0702. The van der Waals surface area contributed by atoms with E-state index in [1.54, 1.807) is 6.07 Å². The molecule has 7 heteroatoms. The number of carboxylic acids is 1. The molecule has 1 aliphatic heterocycles. The molecule has 19 heavy (non-hydrogen) atoms. The molecule has 2 rings (SSSR count). The molecule has 0 aliphatic carbocycles. The Morgan fingerprint density at radius 2 is 2.26 bits per heavy atom. The van der Waals surface area contributed by atoms with Gasteiger partial charge in [0.25, 0.3) is 0 Å². The van der Waals surface area contributed by atoms with Crippen molar-refractivity contribution in [3.8, 4) is 0 Å². The number of carboxylic acid groups (broad SMARTS) is 1. The van der Waals surface area contributed by atoms with Crippen LogP contribution in [0.4, 0.5) is 0 Å². The first-order valence-electron chi connectivity index (χ1n) is 5.99. The van der Waals surface area contributed by atoms with Crippen molar-refractivity contribution in [2.24, 2.45) is 0 Å². The number of nitrogens with one attached hydrogen (secondary N) is 1. The van der Waals surface area contributed by atoms with E-state index >= 15 is 0 Å². The van der Waals surface area contributed by atoms with Crippen LogP contribution in [0.15, 0.2) is 6.07 Å². The third-order valence-electron chi connectivity index (χ3n) is 3.44. The summed E-state index contributed by atoms with van der Waals surface area (Å²) in [5.41, 5.74) is 0.518. The quantitative estimate of drug-likeness (QED) is 0.879. The Balaban J connectivity index is 2.05. The predicted octanol–water partition coefficient (Wildman–Crippen LogP) is 1.42. The largest absolute Gasteiger partial charge is 0.477 e. The molecule has 1 aromatic heterocycles. The number of aryl methyl sites for hydroxylation is 1. The Morgan fingerprint density at radius 1 is 1.58 bits per heavy atom. The van der Waals surface area contributed by atoms with Crippen LogP contribution in [-0.4, -0.2) is 36.5 Å². The Morgan fingerprint density at radius 3 is 2.74 bits per heavy atom. The van der Waals surface area contributed by atoms with E-state index < -0.39 is 21.3 Å². The van der Waals surface area contributed by atoms with Gasteiger partial charge in [0.15, 0.2) is 9.84 Å². The molecule has 0 aromatic carbocycles. The molecular formula is C12H17NO4S2. The Hall–Kier alpha value is -0.920. The number of hydrogen-bond acceptors (Lipinski definition) is 5. The zero-order valence-corrected chi connectivity index (χ0v) is 12.5. The van der Waals surface area contributed by atoms with Crippen molar-refractivity contribution in [3.63, 3.8) is 0 Å². The molecule has 1 aliphatic rings. The molecule has 0 amide bonds. The van der Waals surface area contributed by atoms with Gasteiger partial charge in [-0.25, -0.2) is 13.2 Å². The fourth-order valence-corrected chi connectivity index (χ4v) is 5.26. The van der Waals surface area contributed by atoms with E-state index in [0.29, 0.717) is 17.8 Å². The summed E-state index contributed by atoms with van der Waals surface area (Å²) >= 11 is 1.25. The second-order valence-electron chi connectivity index (χ2n) is 5.25. The van der Waals surface area contributed by atoms with Gasteiger partial charge < -0.3 is 10.4 Å². The summed E-state index contributed by atoms with van der Waals surface area (Å²) in [6.07, 6.45) is 0.601. The van der Waals surface area contributed by atoms with Crippen molar-refractivity contribution in [1.29, 1.82) is 0 Å². The van der Waals surface area contributed by atoms with E-state index in [4.69, 9.17) is 5.11 Å². The molecular weight excluding hydrogens is 286 g/mol. The van der Waals surface area contributed by atoms with Crippen LogP contribution in [0.2, 0.25) is 0 Å². The SMILES string of the molecule is Cc1sc(C(=O)O)cc1CNC1(C)CCS(=O)(=O)C1. The lowest BCUT2D eigenvalue weighted by Crippen LogP contribution is -2.42. The highest BCUT2D eigenvalue weighted by molar-refractivity contribution is 7.91. The molecule has 5 nitrogen and oxygen atoms in total. The molecule has 0 spiro atoms. The standard InChI is InChI=1S/C12H17NO4S2/c1-8-9(5-10(18-8)11(14)15)6-13-12(2)3-4-19(16,17)7-12/h5,13H,3-4,6-7H2,1-2H3,(H,14,15). The van der Waals surface area contributed by atoms with Gasteiger partial charge in [-0.05, 0) is 31.9 Å². The maximum atomic E-state index is 11.5. The molecule has 0 bridgehead atoms. The first-order valence-corrected chi connectivity index (χ1v) is 8.63. The molecule has 1 saturated heterocycles. The average Bonchev–Trinajstić information content (AvgIpc) is 2.78. The van der Waals surface area contributed by atoms with Crippen molar-refractivity contribution in [2.75, 3.05) is 11.5 Å². The third kappa shape index (κ3) is 3.34. The van der Waals surface area contributed by atoms with Gasteiger partial charge in [-0.2, -0.15) is 0 Å². The van der Waals surface area contributed by atoms with Crippen LogP contribution in [0.1, 0.15) is 33.5 Å². The van der Waals surface area contributed by atoms with Crippen LogP contribution in [0.3, 0.4) is 0 Å².